The van der Waals surface area contributed by atoms with E-state index in [1.165, 1.54) is 12.1 Å². The average molecular weight is 237 g/mol. The second-order valence-corrected chi connectivity index (χ2v) is 3.81. The van der Waals surface area contributed by atoms with Crippen LogP contribution in [-0.2, 0) is 0 Å². The summed E-state index contributed by atoms with van der Waals surface area (Å²) >= 11 is 0. The van der Waals surface area contributed by atoms with Gasteiger partial charge in [0.05, 0.1) is 11.3 Å². The SMILES string of the molecule is Cc1ccc(-c2c(F)ccc(N)c2F)c(F)c1. The fourth-order valence-corrected chi connectivity index (χ4v) is 1.64. The van der Waals surface area contributed by atoms with Gasteiger partial charge in [0.1, 0.15) is 11.6 Å². The molecule has 0 radical (unpaired) electrons. The first-order chi connectivity index (χ1) is 8.00. The van der Waals surface area contributed by atoms with Crippen molar-refractivity contribution in [3.05, 3.63) is 53.3 Å². The number of rotatable bonds is 1. The first-order valence-corrected chi connectivity index (χ1v) is 5.00. The quantitative estimate of drug-likeness (QED) is 0.752. The van der Waals surface area contributed by atoms with Crippen molar-refractivity contribution in [1.82, 2.24) is 0 Å². The van der Waals surface area contributed by atoms with Crippen molar-refractivity contribution in [3.8, 4) is 11.1 Å². The monoisotopic (exact) mass is 237 g/mol. The molecule has 0 fully saturated rings. The van der Waals surface area contributed by atoms with Crippen LogP contribution in [0.1, 0.15) is 5.56 Å². The summed E-state index contributed by atoms with van der Waals surface area (Å²) in [7, 11) is 0. The van der Waals surface area contributed by atoms with Crippen LogP contribution in [0.2, 0.25) is 0 Å². The Balaban J connectivity index is 2.72. The fraction of sp³-hybridized carbons (Fsp3) is 0.0769. The lowest BCUT2D eigenvalue weighted by Crippen LogP contribution is -1.98. The van der Waals surface area contributed by atoms with Crippen molar-refractivity contribution in [2.24, 2.45) is 0 Å². The first-order valence-electron chi connectivity index (χ1n) is 5.00. The number of hydrogen-bond acceptors (Lipinski definition) is 1. The van der Waals surface area contributed by atoms with Gasteiger partial charge in [-0.3, -0.25) is 0 Å². The Hall–Kier alpha value is -1.97. The van der Waals surface area contributed by atoms with Gasteiger partial charge in [0, 0.05) is 5.56 Å². The highest BCUT2D eigenvalue weighted by atomic mass is 19.1. The Morgan fingerprint density at radius 2 is 1.65 bits per heavy atom. The van der Waals surface area contributed by atoms with Gasteiger partial charge in [-0.2, -0.15) is 0 Å². The highest BCUT2D eigenvalue weighted by Gasteiger charge is 2.17. The molecule has 0 spiro atoms. The summed E-state index contributed by atoms with van der Waals surface area (Å²) < 4.78 is 40.9. The van der Waals surface area contributed by atoms with Crippen molar-refractivity contribution >= 4 is 5.69 Å². The number of benzene rings is 2. The van der Waals surface area contributed by atoms with E-state index in [0.717, 1.165) is 12.1 Å². The number of hydrogen-bond donors (Lipinski definition) is 1. The van der Waals surface area contributed by atoms with Gasteiger partial charge in [0.15, 0.2) is 5.82 Å². The third kappa shape index (κ3) is 1.98. The van der Waals surface area contributed by atoms with Gasteiger partial charge >= 0.3 is 0 Å². The summed E-state index contributed by atoms with van der Waals surface area (Å²) in [5.74, 6) is -2.44. The summed E-state index contributed by atoms with van der Waals surface area (Å²) in [4.78, 5) is 0. The molecule has 0 unspecified atom stereocenters. The van der Waals surface area contributed by atoms with E-state index in [1.807, 2.05) is 0 Å². The number of nitrogen functional groups attached to an aromatic ring is 1. The zero-order chi connectivity index (χ0) is 12.6. The van der Waals surface area contributed by atoms with E-state index in [0.29, 0.717) is 5.56 Å². The predicted octanol–water partition coefficient (Wildman–Crippen LogP) is 3.66. The average Bonchev–Trinajstić information content (AvgIpc) is 2.27. The van der Waals surface area contributed by atoms with Crippen molar-refractivity contribution in [3.63, 3.8) is 0 Å². The zero-order valence-electron chi connectivity index (χ0n) is 9.10. The highest BCUT2D eigenvalue weighted by Crippen LogP contribution is 2.31. The smallest absolute Gasteiger partial charge is 0.156 e. The molecule has 0 aromatic heterocycles. The molecule has 2 rings (SSSR count). The van der Waals surface area contributed by atoms with Gasteiger partial charge in [-0.05, 0) is 30.7 Å². The Morgan fingerprint density at radius 3 is 2.29 bits per heavy atom. The molecule has 0 aliphatic rings. The lowest BCUT2D eigenvalue weighted by atomic mass is 10.0. The van der Waals surface area contributed by atoms with Gasteiger partial charge < -0.3 is 5.73 Å². The standard InChI is InChI=1S/C13H10F3N/c1-7-2-3-8(10(15)6-7)12-9(14)4-5-11(17)13(12)16/h2-6H,17H2,1H3. The molecule has 0 saturated carbocycles. The fourth-order valence-electron chi connectivity index (χ4n) is 1.64. The second-order valence-electron chi connectivity index (χ2n) is 3.81. The minimum atomic E-state index is -0.937. The van der Waals surface area contributed by atoms with Crippen molar-refractivity contribution < 1.29 is 13.2 Å². The zero-order valence-corrected chi connectivity index (χ0v) is 9.10. The topological polar surface area (TPSA) is 26.0 Å². The van der Waals surface area contributed by atoms with Crippen LogP contribution in [0.15, 0.2) is 30.3 Å². The minimum absolute atomic E-state index is 0.127. The molecule has 4 heteroatoms. The number of halogens is 3. The molecule has 0 amide bonds. The summed E-state index contributed by atoms with van der Waals surface area (Å²) in [5, 5.41) is 0. The van der Waals surface area contributed by atoms with Crippen LogP contribution in [0.25, 0.3) is 11.1 Å². The third-order valence-corrected chi connectivity index (χ3v) is 2.51. The molecule has 0 bridgehead atoms. The minimum Gasteiger partial charge on any atom is -0.396 e. The van der Waals surface area contributed by atoms with Gasteiger partial charge in [-0.15, -0.1) is 0 Å². The van der Waals surface area contributed by atoms with Crippen molar-refractivity contribution in [2.45, 2.75) is 6.92 Å². The maximum atomic E-state index is 13.7. The summed E-state index contributed by atoms with van der Waals surface area (Å²) in [6.45, 7) is 1.69. The molecule has 2 N–H and O–H groups in total. The third-order valence-electron chi connectivity index (χ3n) is 2.51. The molecular weight excluding hydrogens is 227 g/mol. The second kappa shape index (κ2) is 4.13. The molecule has 88 valence electrons. The first kappa shape index (κ1) is 11.5. The highest BCUT2D eigenvalue weighted by molar-refractivity contribution is 5.70. The summed E-state index contributed by atoms with van der Waals surface area (Å²) in [6, 6.07) is 6.27. The van der Waals surface area contributed by atoms with Crippen LogP contribution in [0.3, 0.4) is 0 Å². The summed E-state index contributed by atoms with van der Waals surface area (Å²) in [6.07, 6.45) is 0. The van der Waals surface area contributed by atoms with E-state index in [2.05, 4.69) is 0 Å². The van der Waals surface area contributed by atoms with Crippen molar-refractivity contribution in [2.75, 3.05) is 5.73 Å². The largest absolute Gasteiger partial charge is 0.396 e. The Morgan fingerprint density at radius 1 is 0.941 bits per heavy atom. The van der Waals surface area contributed by atoms with Crippen molar-refractivity contribution in [1.29, 1.82) is 0 Å². The van der Waals surface area contributed by atoms with Gasteiger partial charge in [-0.1, -0.05) is 12.1 Å². The molecular formula is C13H10F3N. The van der Waals surface area contributed by atoms with Gasteiger partial charge in [0.2, 0.25) is 0 Å². The van der Waals surface area contributed by atoms with E-state index in [1.54, 1.807) is 13.0 Å². The van der Waals surface area contributed by atoms with Gasteiger partial charge in [-0.25, -0.2) is 13.2 Å². The molecule has 0 atom stereocenters. The predicted molar refractivity (Wildman–Crippen MR) is 60.9 cm³/mol. The Labute approximate surface area is 96.7 Å². The lowest BCUT2D eigenvalue weighted by Gasteiger charge is -2.08. The van der Waals surface area contributed by atoms with E-state index in [4.69, 9.17) is 5.73 Å². The van der Waals surface area contributed by atoms with Crippen LogP contribution in [-0.4, -0.2) is 0 Å². The summed E-state index contributed by atoms with van der Waals surface area (Å²) in [5.41, 5.74) is 5.26. The maximum absolute atomic E-state index is 13.7. The van der Waals surface area contributed by atoms with Crippen LogP contribution in [0, 0.1) is 24.4 Å². The molecule has 2 aromatic rings. The number of nitrogens with two attached hydrogens (primary N) is 1. The maximum Gasteiger partial charge on any atom is 0.156 e. The Kier molecular flexibility index (Phi) is 2.79. The number of aryl methyl sites for hydroxylation is 1. The molecule has 0 aliphatic carbocycles. The van der Waals surface area contributed by atoms with Crippen LogP contribution < -0.4 is 5.73 Å². The normalized spacial score (nSPS) is 10.6. The van der Waals surface area contributed by atoms with E-state index >= 15 is 0 Å². The van der Waals surface area contributed by atoms with Gasteiger partial charge in [0.25, 0.3) is 0 Å². The number of anilines is 1. The van der Waals surface area contributed by atoms with Crippen LogP contribution in [0.4, 0.5) is 18.9 Å². The van der Waals surface area contributed by atoms with Crippen LogP contribution in [0.5, 0.6) is 0 Å². The van der Waals surface area contributed by atoms with E-state index < -0.39 is 23.0 Å². The van der Waals surface area contributed by atoms with E-state index in [-0.39, 0.29) is 11.3 Å². The molecule has 1 nitrogen and oxygen atoms in total. The Bertz CT molecular complexity index is 579. The molecule has 0 heterocycles. The molecule has 17 heavy (non-hydrogen) atoms. The molecule has 2 aromatic carbocycles. The van der Waals surface area contributed by atoms with Crippen LogP contribution >= 0.6 is 0 Å². The lowest BCUT2D eigenvalue weighted by molar-refractivity contribution is 0.584. The molecule has 0 saturated heterocycles. The van der Waals surface area contributed by atoms with E-state index in [9.17, 15) is 13.2 Å². The molecule has 0 aliphatic heterocycles.